The third-order valence-electron chi connectivity index (χ3n) is 3.88. The van der Waals surface area contributed by atoms with Gasteiger partial charge in [0.15, 0.2) is 0 Å². The second kappa shape index (κ2) is 18.5. The van der Waals surface area contributed by atoms with Gasteiger partial charge in [-0.15, -0.1) is 0 Å². The van der Waals surface area contributed by atoms with Crippen LogP contribution in [0, 0.1) is 0 Å². The zero-order chi connectivity index (χ0) is 14.7. The minimum Gasteiger partial charge on any atom is -0.0917 e. The van der Waals surface area contributed by atoms with Crippen molar-refractivity contribution in [3.63, 3.8) is 0 Å². The number of rotatable bonds is 15. The molecule has 0 aromatic heterocycles. The lowest BCUT2D eigenvalue weighted by Crippen LogP contribution is -1.82. The molecule has 0 heteroatoms. The topological polar surface area (TPSA) is 0 Å². The Balaban J connectivity index is 3.02. The average Bonchev–Trinajstić information content (AvgIpc) is 2.47. The quantitative estimate of drug-likeness (QED) is 0.214. The lowest BCUT2D eigenvalue weighted by molar-refractivity contribution is 0.550. The fraction of sp³-hybridized carbons (Fsp3) is 0.800. The summed E-state index contributed by atoms with van der Waals surface area (Å²) in [5, 5.41) is 0. The Morgan fingerprint density at radius 2 is 0.950 bits per heavy atom. The van der Waals surface area contributed by atoms with Crippen LogP contribution in [0.2, 0.25) is 0 Å². The molecule has 118 valence electrons. The van der Waals surface area contributed by atoms with Crippen LogP contribution < -0.4 is 0 Å². The summed E-state index contributed by atoms with van der Waals surface area (Å²) < 4.78 is 0. The van der Waals surface area contributed by atoms with Gasteiger partial charge < -0.3 is 0 Å². The number of hydrogen-bond donors (Lipinski definition) is 0. The Hall–Kier alpha value is -0.520. The highest BCUT2D eigenvalue weighted by Gasteiger charge is 1.92. The van der Waals surface area contributed by atoms with Crippen LogP contribution in [0.5, 0.6) is 0 Å². The Morgan fingerprint density at radius 1 is 0.500 bits per heavy atom. The molecule has 0 atom stereocenters. The van der Waals surface area contributed by atoms with E-state index in [1.54, 1.807) is 0 Å². The van der Waals surface area contributed by atoms with Gasteiger partial charge in [-0.2, -0.15) is 0 Å². The van der Waals surface area contributed by atoms with Crippen LogP contribution in [-0.4, -0.2) is 0 Å². The van der Waals surface area contributed by atoms with Gasteiger partial charge in [-0.3, -0.25) is 0 Å². The first-order valence-electron chi connectivity index (χ1n) is 9.18. The third kappa shape index (κ3) is 17.5. The number of allylic oxidation sites excluding steroid dienone is 4. The molecular formula is C20H38. The second-order valence-electron chi connectivity index (χ2n) is 5.94. The van der Waals surface area contributed by atoms with Crippen molar-refractivity contribution in [1.29, 1.82) is 0 Å². The molecule has 0 aromatic rings. The SMILES string of the molecule is C/C=C/CC/C=C/CCCCCCCCCCCCC. The van der Waals surface area contributed by atoms with Gasteiger partial charge in [0.25, 0.3) is 0 Å². The van der Waals surface area contributed by atoms with Crippen molar-refractivity contribution in [2.24, 2.45) is 0 Å². The second-order valence-corrected chi connectivity index (χ2v) is 5.94. The standard InChI is InChI=1S/C20H38/c1-3-5-7-9-11-13-15-17-19-20-18-16-14-12-10-8-6-4-2/h3,5,11,13H,4,6-10,12,14-20H2,1-2H3/b5-3+,13-11+. The molecule has 0 aliphatic carbocycles. The highest BCUT2D eigenvalue weighted by molar-refractivity contribution is 4.86. The van der Waals surface area contributed by atoms with Crippen LogP contribution in [0.3, 0.4) is 0 Å². The van der Waals surface area contributed by atoms with Gasteiger partial charge in [-0.1, -0.05) is 95.4 Å². The summed E-state index contributed by atoms with van der Waals surface area (Å²) >= 11 is 0. The number of unbranched alkanes of at least 4 members (excludes halogenated alkanes) is 12. The first kappa shape index (κ1) is 19.5. The van der Waals surface area contributed by atoms with Crippen molar-refractivity contribution in [2.45, 2.75) is 104 Å². The molecule has 0 spiro atoms. The van der Waals surface area contributed by atoms with Gasteiger partial charge in [0, 0.05) is 0 Å². The summed E-state index contributed by atoms with van der Waals surface area (Å²) in [5.74, 6) is 0. The van der Waals surface area contributed by atoms with E-state index in [9.17, 15) is 0 Å². The maximum atomic E-state index is 2.37. The summed E-state index contributed by atoms with van der Waals surface area (Å²) in [6.45, 7) is 4.38. The minimum atomic E-state index is 1.20. The smallest absolute Gasteiger partial charge is 0.0316 e. The molecule has 0 saturated carbocycles. The van der Waals surface area contributed by atoms with E-state index in [1.165, 1.54) is 89.9 Å². The molecule has 0 aliphatic rings. The van der Waals surface area contributed by atoms with Gasteiger partial charge in [0.1, 0.15) is 0 Å². The van der Waals surface area contributed by atoms with E-state index in [2.05, 4.69) is 38.2 Å². The normalized spacial score (nSPS) is 11.9. The van der Waals surface area contributed by atoms with Crippen molar-refractivity contribution in [3.05, 3.63) is 24.3 Å². The zero-order valence-electron chi connectivity index (χ0n) is 14.2. The maximum absolute atomic E-state index is 2.37. The molecule has 0 fully saturated rings. The molecule has 0 saturated heterocycles. The average molecular weight is 279 g/mol. The molecule has 0 bridgehead atoms. The van der Waals surface area contributed by atoms with Crippen LogP contribution >= 0.6 is 0 Å². The largest absolute Gasteiger partial charge is 0.0917 e. The summed E-state index contributed by atoms with van der Waals surface area (Å²) in [4.78, 5) is 0. The summed E-state index contributed by atoms with van der Waals surface area (Å²) in [5.41, 5.74) is 0. The summed E-state index contributed by atoms with van der Waals surface area (Å²) in [6.07, 6.45) is 28.6. The Bertz CT molecular complexity index is 212. The Morgan fingerprint density at radius 3 is 1.50 bits per heavy atom. The minimum absolute atomic E-state index is 1.20. The van der Waals surface area contributed by atoms with E-state index in [0.717, 1.165) is 0 Å². The molecule has 0 radical (unpaired) electrons. The van der Waals surface area contributed by atoms with E-state index >= 15 is 0 Å². The van der Waals surface area contributed by atoms with Crippen LogP contribution in [0.1, 0.15) is 104 Å². The molecule has 0 aliphatic heterocycles. The molecule has 0 rings (SSSR count). The molecule has 20 heavy (non-hydrogen) atoms. The van der Waals surface area contributed by atoms with Gasteiger partial charge >= 0.3 is 0 Å². The monoisotopic (exact) mass is 278 g/mol. The van der Waals surface area contributed by atoms with E-state index in [4.69, 9.17) is 0 Å². The molecule has 0 unspecified atom stereocenters. The zero-order valence-corrected chi connectivity index (χ0v) is 14.2. The molecule has 0 heterocycles. The fourth-order valence-corrected chi connectivity index (χ4v) is 2.52. The molecule has 0 nitrogen and oxygen atoms in total. The molecular weight excluding hydrogens is 240 g/mol. The van der Waals surface area contributed by atoms with Crippen molar-refractivity contribution in [1.82, 2.24) is 0 Å². The lowest BCUT2D eigenvalue weighted by Gasteiger charge is -2.01. The Kier molecular flexibility index (Phi) is 18.0. The van der Waals surface area contributed by atoms with Crippen molar-refractivity contribution in [3.8, 4) is 0 Å². The van der Waals surface area contributed by atoms with Gasteiger partial charge in [0.05, 0.1) is 0 Å². The predicted molar refractivity (Wildman–Crippen MR) is 94.3 cm³/mol. The lowest BCUT2D eigenvalue weighted by atomic mass is 10.1. The van der Waals surface area contributed by atoms with E-state index in [0.29, 0.717) is 0 Å². The van der Waals surface area contributed by atoms with E-state index in [-0.39, 0.29) is 0 Å². The van der Waals surface area contributed by atoms with E-state index in [1.807, 2.05) is 0 Å². The van der Waals surface area contributed by atoms with E-state index < -0.39 is 0 Å². The Labute approximate surface area is 128 Å². The highest BCUT2D eigenvalue weighted by atomic mass is 14.0. The van der Waals surface area contributed by atoms with Gasteiger partial charge in [-0.05, 0) is 32.6 Å². The van der Waals surface area contributed by atoms with Crippen molar-refractivity contribution < 1.29 is 0 Å². The third-order valence-corrected chi connectivity index (χ3v) is 3.88. The first-order valence-corrected chi connectivity index (χ1v) is 9.18. The van der Waals surface area contributed by atoms with Crippen LogP contribution in [0.4, 0.5) is 0 Å². The number of hydrogen-bond acceptors (Lipinski definition) is 0. The molecule has 0 aromatic carbocycles. The fourth-order valence-electron chi connectivity index (χ4n) is 2.52. The summed E-state index contributed by atoms with van der Waals surface area (Å²) in [6, 6.07) is 0. The van der Waals surface area contributed by atoms with Crippen LogP contribution in [0.15, 0.2) is 24.3 Å². The van der Waals surface area contributed by atoms with Crippen LogP contribution in [0.25, 0.3) is 0 Å². The molecule has 0 amide bonds. The summed E-state index contributed by atoms with van der Waals surface area (Å²) in [7, 11) is 0. The first-order chi connectivity index (χ1) is 9.91. The van der Waals surface area contributed by atoms with Crippen molar-refractivity contribution in [2.75, 3.05) is 0 Å². The van der Waals surface area contributed by atoms with Gasteiger partial charge in [-0.25, -0.2) is 0 Å². The maximum Gasteiger partial charge on any atom is -0.0316 e. The highest BCUT2D eigenvalue weighted by Crippen LogP contribution is 2.12. The van der Waals surface area contributed by atoms with Crippen LogP contribution in [-0.2, 0) is 0 Å². The van der Waals surface area contributed by atoms with Crippen molar-refractivity contribution >= 4 is 0 Å². The predicted octanol–water partition coefficient (Wildman–Crippen LogP) is 7.60. The molecule has 0 N–H and O–H groups in total. The van der Waals surface area contributed by atoms with Gasteiger partial charge in [0.2, 0.25) is 0 Å².